The lowest BCUT2D eigenvalue weighted by atomic mass is 9.97. The van der Waals surface area contributed by atoms with Crippen LogP contribution in [0.15, 0.2) is 48.6 Å². The van der Waals surface area contributed by atoms with Gasteiger partial charge in [-0.2, -0.15) is 0 Å². The number of aliphatic hydroxyl groups is 8. The summed E-state index contributed by atoms with van der Waals surface area (Å²) in [5, 5.41) is 87.5. The molecule has 1 amide bonds. The number of unbranched alkanes of at least 4 members (excludes halogenated alkanes) is 45. The van der Waals surface area contributed by atoms with Crippen LogP contribution in [0.25, 0.3) is 0 Å². The zero-order chi connectivity index (χ0) is 65.9. The third-order valence-corrected chi connectivity index (χ3v) is 18.7. The van der Waals surface area contributed by atoms with Crippen LogP contribution < -0.4 is 5.32 Å². The summed E-state index contributed by atoms with van der Waals surface area (Å²) in [6.45, 7) is 2.82. The highest BCUT2D eigenvalue weighted by Crippen LogP contribution is 2.30. The first-order valence-electron chi connectivity index (χ1n) is 38.4. The highest BCUT2D eigenvalue weighted by molar-refractivity contribution is 5.76. The number of aliphatic hydroxyl groups excluding tert-OH is 8. The number of allylic oxidation sites excluding steroid dienone is 7. The molecule has 0 radical (unpaired) electrons. The molecule has 0 aliphatic carbocycles. The molecule has 12 unspecified atom stereocenters. The minimum Gasteiger partial charge on any atom is -0.394 e. The lowest BCUT2D eigenvalue weighted by Gasteiger charge is -2.46. The molecule has 14 nitrogen and oxygen atoms in total. The van der Waals surface area contributed by atoms with E-state index in [2.05, 4.69) is 55.6 Å². The van der Waals surface area contributed by atoms with Crippen LogP contribution in [0.5, 0.6) is 0 Å². The van der Waals surface area contributed by atoms with E-state index in [1.165, 1.54) is 263 Å². The fourth-order valence-electron chi connectivity index (χ4n) is 12.6. The van der Waals surface area contributed by atoms with Gasteiger partial charge in [-0.05, 0) is 70.6 Å². The predicted molar refractivity (Wildman–Crippen MR) is 374 cm³/mol. The van der Waals surface area contributed by atoms with E-state index in [1.54, 1.807) is 6.08 Å². The van der Waals surface area contributed by atoms with Gasteiger partial charge in [-0.1, -0.05) is 313 Å². The number of nitrogens with one attached hydrogen (secondary N) is 1. The normalized spacial score (nSPS) is 23.0. The van der Waals surface area contributed by atoms with Gasteiger partial charge in [0.2, 0.25) is 5.91 Å². The third kappa shape index (κ3) is 45.2. The Morgan fingerprint density at radius 1 is 0.385 bits per heavy atom. The van der Waals surface area contributed by atoms with Gasteiger partial charge in [0.25, 0.3) is 0 Å². The molecule has 534 valence electrons. The molecule has 91 heavy (non-hydrogen) atoms. The zero-order valence-corrected chi connectivity index (χ0v) is 58.3. The van der Waals surface area contributed by atoms with Crippen LogP contribution >= 0.6 is 0 Å². The molecule has 0 aromatic carbocycles. The van der Waals surface area contributed by atoms with Crippen LogP contribution in [-0.2, 0) is 23.7 Å². The van der Waals surface area contributed by atoms with Crippen LogP contribution in [0.2, 0.25) is 0 Å². The van der Waals surface area contributed by atoms with Gasteiger partial charge in [-0.15, -0.1) is 0 Å². The second-order valence-corrected chi connectivity index (χ2v) is 27.1. The van der Waals surface area contributed by atoms with Crippen molar-refractivity contribution in [2.45, 2.75) is 415 Å². The standard InChI is InChI=1S/C77H143NO13/c1-3-5-7-9-11-13-15-17-19-21-23-25-26-27-28-29-30-31-32-33-34-35-36-37-38-39-40-41-43-45-47-49-51-53-55-57-59-61-69(82)78-65(66(81)60-58-56-54-52-50-48-46-44-42-24-22-20-18-16-14-12-10-8-6-4-2)64-88-76-74(87)72(85)75(68(63-80)90-76)91-77-73(86)71(84)70(83)67(62-79)89-77/h21,23,42,44,50,52,58,60,65-68,70-77,79-81,83-87H,3-20,22,24-41,43,45-49,51,53-57,59,61-64H2,1-2H3,(H,78,82)/b23-21-,44-42+,52-50+,60-58+. The summed E-state index contributed by atoms with van der Waals surface area (Å²) in [6, 6.07) is -0.938. The lowest BCUT2D eigenvalue weighted by Crippen LogP contribution is -2.65. The number of hydrogen-bond donors (Lipinski definition) is 9. The van der Waals surface area contributed by atoms with Crippen LogP contribution in [-0.4, -0.2) is 140 Å². The molecular formula is C77H143NO13. The van der Waals surface area contributed by atoms with E-state index < -0.39 is 86.8 Å². The van der Waals surface area contributed by atoms with Gasteiger partial charge in [-0.25, -0.2) is 0 Å². The first-order chi connectivity index (χ1) is 44.6. The van der Waals surface area contributed by atoms with Gasteiger partial charge in [-0.3, -0.25) is 4.79 Å². The topological polar surface area (TPSA) is 228 Å². The number of amides is 1. The minimum atomic E-state index is -1.79. The quantitative estimate of drug-likeness (QED) is 0.0204. The van der Waals surface area contributed by atoms with Gasteiger partial charge in [0, 0.05) is 6.42 Å². The molecule has 2 aliphatic heterocycles. The Bertz CT molecular complexity index is 1710. The highest BCUT2D eigenvalue weighted by Gasteiger charge is 2.51. The number of carbonyl (C=O) groups excluding carboxylic acids is 1. The second-order valence-electron chi connectivity index (χ2n) is 27.1. The zero-order valence-electron chi connectivity index (χ0n) is 58.3. The predicted octanol–water partition coefficient (Wildman–Crippen LogP) is 16.6. The summed E-state index contributed by atoms with van der Waals surface area (Å²) in [4.78, 5) is 13.3. The van der Waals surface area contributed by atoms with Gasteiger partial charge < -0.3 is 65.1 Å². The van der Waals surface area contributed by atoms with Gasteiger partial charge in [0.05, 0.1) is 32.0 Å². The molecule has 9 N–H and O–H groups in total. The number of hydrogen-bond acceptors (Lipinski definition) is 13. The first-order valence-corrected chi connectivity index (χ1v) is 38.4. The van der Waals surface area contributed by atoms with Gasteiger partial charge in [0.1, 0.15) is 48.8 Å². The van der Waals surface area contributed by atoms with Crippen molar-refractivity contribution in [1.29, 1.82) is 0 Å². The molecular weight excluding hydrogens is 1150 g/mol. The molecule has 12 atom stereocenters. The highest BCUT2D eigenvalue weighted by atomic mass is 16.7. The van der Waals surface area contributed by atoms with Crippen molar-refractivity contribution in [3.05, 3.63) is 48.6 Å². The van der Waals surface area contributed by atoms with Crippen molar-refractivity contribution < 1.29 is 64.6 Å². The van der Waals surface area contributed by atoms with Gasteiger partial charge >= 0.3 is 0 Å². The average Bonchev–Trinajstić information content (AvgIpc) is 1.04. The van der Waals surface area contributed by atoms with E-state index in [1.807, 2.05) is 6.08 Å². The Balaban J connectivity index is 1.60. The molecule has 0 bridgehead atoms. The Morgan fingerprint density at radius 2 is 0.703 bits per heavy atom. The summed E-state index contributed by atoms with van der Waals surface area (Å²) >= 11 is 0. The molecule has 0 spiro atoms. The molecule has 2 heterocycles. The van der Waals surface area contributed by atoms with E-state index in [0.717, 1.165) is 44.9 Å². The third-order valence-electron chi connectivity index (χ3n) is 18.7. The van der Waals surface area contributed by atoms with Crippen LogP contribution in [0, 0.1) is 0 Å². The molecule has 2 rings (SSSR count). The summed E-state index contributed by atoms with van der Waals surface area (Å²) in [7, 11) is 0. The molecule has 2 aliphatic rings. The Kier molecular flexibility index (Phi) is 57.5. The van der Waals surface area contributed by atoms with Crippen molar-refractivity contribution in [2.24, 2.45) is 0 Å². The maximum Gasteiger partial charge on any atom is 0.220 e. The van der Waals surface area contributed by atoms with Gasteiger partial charge in [0.15, 0.2) is 12.6 Å². The van der Waals surface area contributed by atoms with Crippen molar-refractivity contribution in [2.75, 3.05) is 19.8 Å². The minimum absolute atomic E-state index is 0.247. The molecule has 2 fully saturated rings. The SMILES string of the molecule is CCCCCCCCCC/C=C\CCCCCCCCCCCCCCCCCCCCCCCCCCCC(=O)NC(COC1OC(CO)C(OC2OC(CO)C(O)C(O)C2O)C(O)C1O)C(O)/C=C/CC/C=C/CC/C=C/CCCCCCCCCCCC. The van der Waals surface area contributed by atoms with E-state index in [-0.39, 0.29) is 18.9 Å². The van der Waals surface area contributed by atoms with E-state index >= 15 is 0 Å². The maximum absolute atomic E-state index is 13.3. The Morgan fingerprint density at radius 3 is 1.08 bits per heavy atom. The van der Waals surface area contributed by atoms with Crippen molar-refractivity contribution in [3.63, 3.8) is 0 Å². The fraction of sp³-hybridized carbons (Fsp3) is 0.883. The van der Waals surface area contributed by atoms with E-state index in [4.69, 9.17) is 18.9 Å². The lowest BCUT2D eigenvalue weighted by molar-refractivity contribution is -0.359. The van der Waals surface area contributed by atoms with Crippen LogP contribution in [0.3, 0.4) is 0 Å². The number of rotatable bonds is 64. The Labute approximate surface area is 556 Å². The van der Waals surface area contributed by atoms with Crippen molar-refractivity contribution >= 4 is 5.91 Å². The van der Waals surface area contributed by atoms with Crippen molar-refractivity contribution in [3.8, 4) is 0 Å². The van der Waals surface area contributed by atoms with E-state index in [9.17, 15) is 45.6 Å². The summed E-state index contributed by atoms with van der Waals surface area (Å²) in [6.07, 6.45) is 64.9. The average molecular weight is 1290 g/mol. The largest absolute Gasteiger partial charge is 0.394 e. The maximum atomic E-state index is 13.3. The monoisotopic (exact) mass is 1290 g/mol. The smallest absolute Gasteiger partial charge is 0.220 e. The Hall–Kier alpha value is -2.05. The molecule has 0 aromatic heterocycles. The van der Waals surface area contributed by atoms with Crippen molar-refractivity contribution in [1.82, 2.24) is 5.32 Å². The molecule has 0 aromatic rings. The summed E-state index contributed by atoms with van der Waals surface area (Å²) in [5.41, 5.74) is 0. The molecule has 14 heteroatoms. The molecule has 2 saturated heterocycles. The van der Waals surface area contributed by atoms with Crippen LogP contribution in [0.4, 0.5) is 0 Å². The summed E-state index contributed by atoms with van der Waals surface area (Å²) < 4.78 is 22.9. The number of ether oxygens (including phenoxy) is 4. The fourth-order valence-corrected chi connectivity index (χ4v) is 12.6. The molecule has 0 saturated carbocycles. The van der Waals surface area contributed by atoms with Crippen LogP contribution in [0.1, 0.15) is 341 Å². The number of carbonyl (C=O) groups is 1. The first kappa shape index (κ1) is 85.0. The summed E-state index contributed by atoms with van der Waals surface area (Å²) in [5.74, 6) is -0.247. The van der Waals surface area contributed by atoms with E-state index in [0.29, 0.717) is 12.8 Å². The second kappa shape index (κ2) is 61.5.